The molecule has 1 heterocycles. The third-order valence-corrected chi connectivity index (χ3v) is 5.89. The van der Waals surface area contributed by atoms with Gasteiger partial charge < -0.3 is 9.47 Å². The number of para-hydroxylation sites is 1. The maximum atomic E-state index is 13.1. The molecule has 0 aliphatic heterocycles. The molecule has 1 aromatic heterocycles. The molecule has 0 fully saturated rings. The lowest BCUT2D eigenvalue weighted by Crippen LogP contribution is -2.11. The molecule has 0 atom stereocenters. The molecule has 0 aliphatic carbocycles. The van der Waals surface area contributed by atoms with Crippen molar-refractivity contribution in [3.63, 3.8) is 0 Å². The summed E-state index contributed by atoms with van der Waals surface area (Å²) in [7, 11) is 3.22. The molecule has 0 spiro atoms. The van der Waals surface area contributed by atoms with Gasteiger partial charge in [0.2, 0.25) is 0 Å². The third kappa shape index (κ3) is 5.51. The van der Waals surface area contributed by atoms with Crippen LogP contribution in [0, 0.1) is 0 Å². The first-order chi connectivity index (χ1) is 16.2. The average molecular weight is 458 g/mol. The minimum absolute atomic E-state index is 0.288. The number of nitrogens with zero attached hydrogens (tertiary/aromatic N) is 3. The predicted octanol–water partition coefficient (Wildman–Crippen LogP) is 5.61. The standard InChI is InChI=1S/C26H23N3O3S/c1-31-22-15-12-21(13-16-22)25-27-26(33-18-19-8-4-3-5-9-19)29(28-25)24(30)17-14-20-10-6-7-11-23(20)32-2/h3-17H,18H2,1-2H3/b17-14+. The molecule has 0 radical (unpaired) electrons. The third-order valence-electron chi connectivity index (χ3n) is 4.89. The summed E-state index contributed by atoms with van der Waals surface area (Å²) in [6.45, 7) is 0. The molecule has 0 N–H and O–H groups in total. The zero-order chi connectivity index (χ0) is 23.0. The summed E-state index contributed by atoms with van der Waals surface area (Å²) in [6.07, 6.45) is 3.21. The smallest absolute Gasteiger partial charge is 0.273 e. The fraction of sp³-hybridized carbons (Fsp3) is 0.115. The van der Waals surface area contributed by atoms with Crippen molar-refractivity contribution >= 4 is 23.7 Å². The van der Waals surface area contributed by atoms with Crippen LogP contribution < -0.4 is 9.47 Å². The van der Waals surface area contributed by atoms with Crippen molar-refractivity contribution in [2.24, 2.45) is 0 Å². The van der Waals surface area contributed by atoms with Crippen LogP contribution in [0.15, 0.2) is 90.1 Å². The Kier molecular flexibility index (Phi) is 7.22. The highest BCUT2D eigenvalue weighted by Gasteiger charge is 2.17. The molecule has 7 heteroatoms. The zero-order valence-corrected chi connectivity index (χ0v) is 19.2. The van der Waals surface area contributed by atoms with Gasteiger partial charge in [0.1, 0.15) is 11.5 Å². The van der Waals surface area contributed by atoms with E-state index in [-0.39, 0.29) is 5.91 Å². The van der Waals surface area contributed by atoms with Gasteiger partial charge in [-0.05, 0) is 42.0 Å². The van der Waals surface area contributed by atoms with Crippen molar-refractivity contribution in [1.29, 1.82) is 0 Å². The van der Waals surface area contributed by atoms with Crippen LogP contribution in [0.4, 0.5) is 0 Å². The van der Waals surface area contributed by atoms with Gasteiger partial charge in [0.15, 0.2) is 11.0 Å². The Morgan fingerprint density at radius 3 is 2.39 bits per heavy atom. The van der Waals surface area contributed by atoms with Gasteiger partial charge in [-0.15, -0.1) is 5.10 Å². The van der Waals surface area contributed by atoms with Gasteiger partial charge in [-0.3, -0.25) is 4.79 Å². The van der Waals surface area contributed by atoms with E-state index in [1.165, 1.54) is 22.5 Å². The molecular weight excluding hydrogens is 434 g/mol. The van der Waals surface area contributed by atoms with Gasteiger partial charge in [0.25, 0.3) is 5.91 Å². The van der Waals surface area contributed by atoms with E-state index >= 15 is 0 Å². The summed E-state index contributed by atoms with van der Waals surface area (Å²) in [5.74, 6) is 2.30. The largest absolute Gasteiger partial charge is 0.497 e. The van der Waals surface area contributed by atoms with Crippen LogP contribution in [0.3, 0.4) is 0 Å². The number of rotatable bonds is 8. The number of methoxy groups -OCH3 is 2. The second-order valence-electron chi connectivity index (χ2n) is 7.05. The van der Waals surface area contributed by atoms with Gasteiger partial charge in [0, 0.05) is 23.0 Å². The Bertz CT molecular complexity index is 1250. The van der Waals surface area contributed by atoms with E-state index < -0.39 is 0 Å². The maximum Gasteiger partial charge on any atom is 0.273 e. The number of thioether (sulfide) groups is 1. The fourth-order valence-corrected chi connectivity index (χ4v) is 4.05. The van der Waals surface area contributed by atoms with Crippen molar-refractivity contribution in [3.8, 4) is 22.9 Å². The summed E-state index contributed by atoms with van der Waals surface area (Å²) in [6, 6.07) is 25.0. The van der Waals surface area contributed by atoms with E-state index in [1.54, 1.807) is 20.3 Å². The molecule has 0 aliphatic rings. The molecule has 166 valence electrons. The van der Waals surface area contributed by atoms with Crippen LogP contribution in [-0.4, -0.2) is 34.9 Å². The Balaban J connectivity index is 1.64. The van der Waals surface area contributed by atoms with E-state index in [0.29, 0.717) is 22.5 Å². The van der Waals surface area contributed by atoms with Crippen LogP contribution in [0.2, 0.25) is 0 Å². The number of hydrogen-bond donors (Lipinski definition) is 0. The van der Waals surface area contributed by atoms with Crippen LogP contribution in [-0.2, 0) is 5.75 Å². The lowest BCUT2D eigenvalue weighted by molar-refractivity contribution is 0.0944. The lowest BCUT2D eigenvalue weighted by Gasteiger charge is -2.04. The van der Waals surface area contributed by atoms with Crippen molar-refractivity contribution in [3.05, 3.63) is 96.1 Å². The van der Waals surface area contributed by atoms with Crippen molar-refractivity contribution in [1.82, 2.24) is 14.8 Å². The van der Waals surface area contributed by atoms with Crippen LogP contribution in [0.25, 0.3) is 17.5 Å². The Morgan fingerprint density at radius 2 is 1.67 bits per heavy atom. The molecule has 0 saturated carbocycles. The Morgan fingerprint density at radius 1 is 0.939 bits per heavy atom. The number of ether oxygens (including phenoxy) is 2. The minimum atomic E-state index is -0.288. The van der Waals surface area contributed by atoms with E-state index in [0.717, 1.165) is 22.4 Å². The van der Waals surface area contributed by atoms with E-state index in [1.807, 2.05) is 78.9 Å². The molecule has 0 bridgehead atoms. The van der Waals surface area contributed by atoms with Gasteiger partial charge in [-0.25, -0.2) is 4.98 Å². The summed E-state index contributed by atoms with van der Waals surface area (Å²) in [5, 5.41) is 5.04. The number of carbonyl (C=O) groups is 1. The number of carbonyl (C=O) groups excluding carboxylic acids is 1. The highest BCUT2D eigenvalue weighted by atomic mass is 32.2. The topological polar surface area (TPSA) is 66.2 Å². The van der Waals surface area contributed by atoms with Crippen molar-refractivity contribution < 1.29 is 14.3 Å². The maximum absolute atomic E-state index is 13.1. The fourth-order valence-electron chi connectivity index (χ4n) is 3.16. The molecule has 0 amide bonds. The first-order valence-corrected chi connectivity index (χ1v) is 11.3. The molecule has 33 heavy (non-hydrogen) atoms. The average Bonchev–Trinajstić information content (AvgIpc) is 3.31. The van der Waals surface area contributed by atoms with Crippen LogP contribution in [0.5, 0.6) is 11.5 Å². The summed E-state index contributed by atoms with van der Waals surface area (Å²) in [4.78, 5) is 17.7. The number of benzene rings is 3. The number of aromatic nitrogens is 3. The monoisotopic (exact) mass is 457 g/mol. The van der Waals surface area contributed by atoms with Gasteiger partial charge in [-0.1, -0.05) is 60.3 Å². The highest BCUT2D eigenvalue weighted by molar-refractivity contribution is 7.98. The Hall–Kier alpha value is -3.84. The van der Waals surface area contributed by atoms with Gasteiger partial charge >= 0.3 is 0 Å². The first-order valence-electron chi connectivity index (χ1n) is 10.3. The number of hydrogen-bond acceptors (Lipinski definition) is 6. The minimum Gasteiger partial charge on any atom is -0.497 e. The second-order valence-corrected chi connectivity index (χ2v) is 7.99. The molecule has 0 unspecified atom stereocenters. The van der Waals surface area contributed by atoms with Crippen LogP contribution in [0.1, 0.15) is 15.9 Å². The predicted molar refractivity (Wildman–Crippen MR) is 131 cm³/mol. The zero-order valence-electron chi connectivity index (χ0n) is 18.3. The molecule has 4 rings (SSSR count). The van der Waals surface area contributed by atoms with Crippen LogP contribution >= 0.6 is 11.8 Å². The molecule has 0 saturated heterocycles. The number of allylic oxidation sites excluding steroid dienone is 1. The summed E-state index contributed by atoms with van der Waals surface area (Å²) >= 11 is 1.47. The van der Waals surface area contributed by atoms with Gasteiger partial charge in [0.05, 0.1) is 14.2 Å². The normalized spacial score (nSPS) is 11.0. The lowest BCUT2D eigenvalue weighted by atomic mass is 10.2. The SMILES string of the molecule is COc1ccc(-c2nc(SCc3ccccc3)n(C(=O)/C=C/c3ccccc3OC)n2)cc1. The van der Waals surface area contributed by atoms with Crippen molar-refractivity contribution in [2.75, 3.05) is 14.2 Å². The first kappa shape index (κ1) is 22.4. The molecule has 3 aromatic carbocycles. The van der Waals surface area contributed by atoms with E-state index in [9.17, 15) is 4.79 Å². The summed E-state index contributed by atoms with van der Waals surface area (Å²) in [5.41, 5.74) is 2.75. The van der Waals surface area contributed by atoms with Gasteiger partial charge in [-0.2, -0.15) is 4.68 Å². The highest BCUT2D eigenvalue weighted by Crippen LogP contribution is 2.26. The quantitative estimate of drug-likeness (QED) is 0.253. The van der Waals surface area contributed by atoms with Crippen molar-refractivity contribution in [2.45, 2.75) is 10.9 Å². The summed E-state index contributed by atoms with van der Waals surface area (Å²) < 4.78 is 11.9. The van der Waals surface area contributed by atoms with E-state index in [2.05, 4.69) is 10.1 Å². The van der Waals surface area contributed by atoms with E-state index in [4.69, 9.17) is 9.47 Å². The molecular formula is C26H23N3O3S. The molecule has 4 aromatic rings. The molecule has 6 nitrogen and oxygen atoms in total. The second kappa shape index (κ2) is 10.7. The Labute approximate surface area is 196 Å².